The molecule has 0 heterocycles. The first-order chi connectivity index (χ1) is 9.48. The highest BCUT2D eigenvalue weighted by atomic mass is 19.1. The normalized spacial score (nSPS) is 12.1. The first-order valence-electron chi connectivity index (χ1n) is 6.98. The smallest absolute Gasteiger partial charge is 0.315 e. The number of carbonyl (C=O) groups is 1. The van der Waals surface area contributed by atoms with E-state index in [1.54, 1.807) is 0 Å². The standard InChI is InChI=1S/C16H24F2N2O/c1-15(2,3)10-16(4,5)20-14(21)19-9-11-8-12(17)6-7-13(11)18/h6-8H,9-10H2,1-5H3,(H2,19,20,21). The molecule has 0 saturated carbocycles. The van der Waals surface area contributed by atoms with Crippen molar-refractivity contribution in [2.24, 2.45) is 5.41 Å². The van der Waals surface area contributed by atoms with Crippen molar-refractivity contribution in [1.82, 2.24) is 10.6 Å². The summed E-state index contributed by atoms with van der Waals surface area (Å²) in [6, 6.07) is 2.78. The van der Waals surface area contributed by atoms with Gasteiger partial charge >= 0.3 is 6.03 Å². The number of amides is 2. The van der Waals surface area contributed by atoms with Crippen molar-refractivity contribution in [2.75, 3.05) is 0 Å². The van der Waals surface area contributed by atoms with Crippen molar-refractivity contribution in [3.8, 4) is 0 Å². The first kappa shape index (κ1) is 17.4. The zero-order valence-corrected chi connectivity index (χ0v) is 13.3. The third-order valence-electron chi connectivity index (χ3n) is 2.87. The number of rotatable bonds is 4. The highest BCUT2D eigenvalue weighted by molar-refractivity contribution is 5.74. The van der Waals surface area contributed by atoms with Crippen LogP contribution in [-0.2, 0) is 6.54 Å². The zero-order chi connectivity index (χ0) is 16.3. The van der Waals surface area contributed by atoms with E-state index in [9.17, 15) is 13.6 Å². The van der Waals surface area contributed by atoms with Gasteiger partial charge in [-0.15, -0.1) is 0 Å². The van der Waals surface area contributed by atoms with Crippen LogP contribution >= 0.6 is 0 Å². The van der Waals surface area contributed by atoms with Gasteiger partial charge in [-0.05, 0) is 43.9 Å². The maximum Gasteiger partial charge on any atom is 0.315 e. The van der Waals surface area contributed by atoms with Crippen molar-refractivity contribution in [3.05, 3.63) is 35.4 Å². The van der Waals surface area contributed by atoms with Gasteiger partial charge in [-0.2, -0.15) is 0 Å². The second kappa shape index (κ2) is 6.41. The van der Waals surface area contributed by atoms with Gasteiger partial charge in [0, 0.05) is 17.6 Å². The Morgan fingerprint density at radius 2 is 1.76 bits per heavy atom. The summed E-state index contributed by atoms with van der Waals surface area (Å²) in [6.07, 6.45) is 0.793. The van der Waals surface area contributed by atoms with Crippen molar-refractivity contribution in [3.63, 3.8) is 0 Å². The maximum atomic E-state index is 13.4. The first-order valence-corrected chi connectivity index (χ1v) is 6.98. The number of benzene rings is 1. The molecule has 2 N–H and O–H groups in total. The Labute approximate surface area is 125 Å². The van der Waals surface area contributed by atoms with Gasteiger partial charge in [0.05, 0.1) is 0 Å². The van der Waals surface area contributed by atoms with Crippen LogP contribution in [0.1, 0.15) is 46.6 Å². The van der Waals surface area contributed by atoms with Crippen LogP contribution in [0.15, 0.2) is 18.2 Å². The summed E-state index contributed by atoms with van der Waals surface area (Å²) in [5, 5.41) is 5.40. The molecule has 0 fully saturated rings. The molecule has 0 aliphatic rings. The van der Waals surface area contributed by atoms with Crippen LogP contribution in [0.25, 0.3) is 0 Å². The van der Waals surface area contributed by atoms with Crippen LogP contribution in [0, 0.1) is 17.0 Å². The number of urea groups is 1. The molecule has 118 valence electrons. The molecule has 2 amide bonds. The fourth-order valence-electron chi connectivity index (χ4n) is 2.58. The Bertz CT molecular complexity index is 507. The Morgan fingerprint density at radius 3 is 2.33 bits per heavy atom. The van der Waals surface area contributed by atoms with Crippen LogP contribution < -0.4 is 10.6 Å². The minimum atomic E-state index is -0.536. The zero-order valence-electron chi connectivity index (χ0n) is 13.3. The molecule has 0 bridgehead atoms. The Morgan fingerprint density at radius 1 is 1.14 bits per heavy atom. The van der Waals surface area contributed by atoms with Crippen LogP contribution in [0.3, 0.4) is 0 Å². The molecule has 0 unspecified atom stereocenters. The van der Waals surface area contributed by atoms with Gasteiger partial charge in [0.1, 0.15) is 11.6 Å². The molecule has 0 aliphatic carbocycles. The van der Waals surface area contributed by atoms with E-state index in [0.29, 0.717) is 0 Å². The molecule has 3 nitrogen and oxygen atoms in total. The molecule has 5 heteroatoms. The molecular weight excluding hydrogens is 274 g/mol. The molecule has 21 heavy (non-hydrogen) atoms. The van der Waals surface area contributed by atoms with E-state index in [-0.39, 0.29) is 23.1 Å². The Balaban J connectivity index is 2.56. The molecule has 0 saturated heterocycles. The Hall–Kier alpha value is -1.65. The van der Waals surface area contributed by atoms with Gasteiger partial charge in [-0.3, -0.25) is 0 Å². The quantitative estimate of drug-likeness (QED) is 0.867. The summed E-state index contributed by atoms with van der Waals surface area (Å²) >= 11 is 0. The SMILES string of the molecule is CC(C)(C)CC(C)(C)NC(=O)NCc1cc(F)ccc1F. The van der Waals surface area contributed by atoms with E-state index < -0.39 is 17.7 Å². The molecule has 0 radical (unpaired) electrons. The second-order valence-corrected chi connectivity index (χ2v) is 7.16. The number of hydrogen-bond donors (Lipinski definition) is 2. The fourth-order valence-corrected chi connectivity index (χ4v) is 2.58. The van der Waals surface area contributed by atoms with Gasteiger partial charge in [-0.1, -0.05) is 20.8 Å². The van der Waals surface area contributed by atoms with Crippen LogP contribution in [0.5, 0.6) is 0 Å². The summed E-state index contributed by atoms with van der Waals surface area (Å²) in [6.45, 7) is 10.1. The topological polar surface area (TPSA) is 41.1 Å². The van der Waals surface area contributed by atoms with Crippen molar-refractivity contribution < 1.29 is 13.6 Å². The van der Waals surface area contributed by atoms with Crippen LogP contribution in [0.2, 0.25) is 0 Å². The minimum Gasteiger partial charge on any atom is -0.334 e. The summed E-state index contributed by atoms with van der Waals surface area (Å²) in [5.74, 6) is -1.06. The van der Waals surface area contributed by atoms with Crippen molar-refractivity contribution >= 4 is 6.03 Å². The summed E-state index contributed by atoms with van der Waals surface area (Å²) in [5.41, 5.74) is -0.187. The van der Waals surface area contributed by atoms with E-state index >= 15 is 0 Å². The Kier molecular flexibility index (Phi) is 5.31. The van der Waals surface area contributed by atoms with Crippen molar-refractivity contribution in [1.29, 1.82) is 0 Å². The molecule has 0 aromatic heterocycles. The van der Waals surface area contributed by atoms with Gasteiger partial charge < -0.3 is 10.6 Å². The fraction of sp³-hybridized carbons (Fsp3) is 0.562. The van der Waals surface area contributed by atoms with Gasteiger partial charge in [0.2, 0.25) is 0 Å². The number of nitrogens with one attached hydrogen (secondary N) is 2. The lowest BCUT2D eigenvalue weighted by molar-refractivity contribution is 0.210. The molecule has 0 aliphatic heterocycles. The molecule has 1 aromatic carbocycles. The molecule has 0 atom stereocenters. The average molecular weight is 298 g/mol. The van der Waals surface area contributed by atoms with Gasteiger partial charge in [0.15, 0.2) is 0 Å². The third kappa shape index (κ3) is 6.56. The minimum absolute atomic E-state index is 0.0545. The average Bonchev–Trinajstić information content (AvgIpc) is 2.26. The number of halogens is 2. The van der Waals surface area contributed by atoms with E-state index in [4.69, 9.17) is 0 Å². The van der Waals surface area contributed by atoms with E-state index in [2.05, 4.69) is 31.4 Å². The summed E-state index contributed by atoms with van der Waals surface area (Å²) in [4.78, 5) is 11.9. The molecule has 1 aromatic rings. The lowest BCUT2D eigenvalue weighted by Crippen LogP contribution is -2.49. The van der Waals surface area contributed by atoms with E-state index in [1.165, 1.54) is 0 Å². The van der Waals surface area contributed by atoms with Crippen LogP contribution in [-0.4, -0.2) is 11.6 Å². The highest BCUT2D eigenvalue weighted by Gasteiger charge is 2.26. The summed E-state index contributed by atoms with van der Waals surface area (Å²) < 4.78 is 26.5. The lowest BCUT2D eigenvalue weighted by Gasteiger charge is -2.33. The molecular formula is C16H24F2N2O. The van der Waals surface area contributed by atoms with E-state index in [1.807, 2.05) is 13.8 Å². The predicted octanol–water partition coefficient (Wildman–Crippen LogP) is 3.98. The largest absolute Gasteiger partial charge is 0.334 e. The predicted molar refractivity (Wildman–Crippen MR) is 79.9 cm³/mol. The van der Waals surface area contributed by atoms with Gasteiger partial charge in [0.25, 0.3) is 0 Å². The monoisotopic (exact) mass is 298 g/mol. The highest BCUT2D eigenvalue weighted by Crippen LogP contribution is 2.26. The lowest BCUT2D eigenvalue weighted by atomic mass is 9.82. The summed E-state index contributed by atoms with van der Waals surface area (Å²) in [7, 11) is 0. The second-order valence-electron chi connectivity index (χ2n) is 7.16. The van der Waals surface area contributed by atoms with E-state index in [0.717, 1.165) is 24.6 Å². The number of carbonyl (C=O) groups excluding carboxylic acids is 1. The number of hydrogen-bond acceptors (Lipinski definition) is 1. The molecule has 0 spiro atoms. The maximum absolute atomic E-state index is 13.4. The van der Waals surface area contributed by atoms with Crippen molar-refractivity contribution in [2.45, 2.75) is 53.1 Å². The van der Waals surface area contributed by atoms with Crippen LogP contribution in [0.4, 0.5) is 13.6 Å². The van der Waals surface area contributed by atoms with Gasteiger partial charge in [-0.25, -0.2) is 13.6 Å². The molecule has 1 rings (SSSR count). The third-order valence-corrected chi connectivity index (χ3v) is 2.87.